The molecule has 1 aliphatic rings. The SMILES string of the molecule is CCOC1CC(NC(=O)c2cc3cccc(N)c3[nH]2)C1. The van der Waals surface area contributed by atoms with Crippen molar-refractivity contribution >= 4 is 22.5 Å². The number of nitrogen functional groups attached to an aromatic ring is 1. The molecule has 0 unspecified atom stereocenters. The number of carbonyl (C=O) groups excluding carboxylic acids is 1. The molecule has 0 atom stereocenters. The van der Waals surface area contributed by atoms with Crippen molar-refractivity contribution in [2.24, 2.45) is 0 Å². The van der Waals surface area contributed by atoms with E-state index in [-0.39, 0.29) is 11.9 Å². The lowest BCUT2D eigenvalue weighted by Gasteiger charge is -2.35. The number of rotatable bonds is 4. The van der Waals surface area contributed by atoms with E-state index in [2.05, 4.69) is 10.3 Å². The Hall–Kier alpha value is -2.01. The van der Waals surface area contributed by atoms with Gasteiger partial charge in [-0.05, 0) is 31.9 Å². The molecule has 20 heavy (non-hydrogen) atoms. The maximum absolute atomic E-state index is 12.2. The molecule has 1 aromatic carbocycles. The van der Waals surface area contributed by atoms with Gasteiger partial charge in [0.1, 0.15) is 5.69 Å². The molecule has 1 heterocycles. The van der Waals surface area contributed by atoms with Crippen LogP contribution in [0.4, 0.5) is 5.69 Å². The molecule has 5 heteroatoms. The highest BCUT2D eigenvalue weighted by Crippen LogP contribution is 2.24. The van der Waals surface area contributed by atoms with E-state index in [0.29, 0.717) is 17.5 Å². The van der Waals surface area contributed by atoms with Gasteiger partial charge < -0.3 is 20.8 Å². The van der Waals surface area contributed by atoms with Crippen LogP contribution in [0, 0.1) is 0 Å². The van der Waals surface area contributed by atoms with Crippen molar-refractivity contribution in [3.8, 4) is 0 Å². The Labute approximate surface area is 117 Å². The van der Waals surface area contributed by atoms with Crippen LogP contribution in [-0.4, -0.2) is 29.6 Å². The summed E-state index contributed by atoms with van der Waals surface area (Å²) in [4.78, 5) is 15.3. The first-order chi connectivity index (χ1) is 9.67. The smallest absolute Gasteiger partial charge is 0.267 e. The molecule has 0 aliphatic heterocycles. The molecular weight excluding hydrogens is 254 g/mol. The van der Waals surface area contributed by atoms with Gasteiger partial charge in [-0.25, -0.2) is 0 Å². The van der Waals surface area contributed by atoms with Crippen LogP contribution >= 0.6 is 0 Å². The predicted molar refractivity (Wildman–Crippen MR) is 78.6 cm³/mol. The van der Waals surface area contributed by atoms with Crippen molar-refractivity contribution in [3.63, 3.8) is 0 Å². The largest absolute Gasteiger partial charge is 0.397 e. The Morgan fingerprint density at radius 3 is 3.00 bits per heavy atom. The normalized spacial score (nSPS) is 21.6. The van der Waals surface area contributed by atoms with Crippen LogP contribution in [-0.2, 0) is 4.74 Å². The standard InChI is InChI=1S/C15H19N3O2/c1-2-20-11-7-10(8-11)17-15(19)13-6-9-4-3-5-12(16)14(9)18-13/h3-6,10-11,18H,2,7-8,16H2,1H3,(H,17,19). The number of aromatic amines is 1. The van der Waals surface area contributed by atoms with E-state index in [1.54, 1.807) is 0 Å². The molecule has 0 spiro atoms. The average molecular weight is 273 g/mol. The minimum atomic E-state index is -0.0828. The Bertz CT molecular complexity index is 629. The summed E-state index contributed by atoms with van der Waals surface area (Å²) in [6.45, 7) is 2.72. The van der Waals surface area contributed by atoms with E-state index >= 15 is 0 Å². The second-order valence-corrected chi connectivity index (χ2v) is 5.21. The lowest BCUT2D eigenvalue weighted by atomic mass is 9.89. The van der Waals surface area contributed by atoms with Gasteiger partial charge >= 0.3 is 0 Å². The average Bonchev–Trinajstić information content (AvgIpc) is 2.82. The summed E-state index contributed by atoms with van der Waals surface area (Å²) >= 11 is 0. The second-order valence-electron chi connectivity index (χ2n) is 5.21. The van der Waals surface area contributed by atoms with Gasteiger partial charge in [-0.15, -0.1) is 0 Å². The van der Waals surface area contributed by atoms with Crippen LogP contribution in [0.1, 0.15) is 30.3 Å². The highest BCUT2D eigenvalue weighted by Gasteiger charge is 2.31. The van der Waals surface area contributed by atoms with Crippen molar-refractivity contribution in [3.05, 3.63) is 30.0 Å². The summed E-state index contributed by atoms with van der Waals surface area (Å²) in [7, 11) is 0. The Morgan fingerprint density at radius 2 is 2.30 bits per heavy atom. The highest BCUT2D eigenvalue weighted by molar-refractivity contribution is 6.00. The van der Waals surface area contributed by atoms with Gasteiger partial charge in [-0.2, -0.15) is 0 Å². The molecule has 1 aliphatic carbocycles. The van der Waals surface area contributed by atoms with Gasteiger partial charge in [-0.3, -0.25) is 4.79 Å². The number of hydrogen-bond donors (Lipinski definition) is 3. The predicted octanol–water partition coefficient (Wildman–Crippen LogP) is 2.05. The van der Waals surface area contributed by atoms with E-state index in [1.807, 2.05) is 31.2 Å². The first kappa shape index (κ1) is 13.0. The number of ether oxygens (including phenoxy) is 1. The van der Waals surface area contributed by atoms with E-state index in [4.69, 9.17) is 10.5 Å². The quantitative estimate of drug-likeness (QED) is 0.746. The fourth-order valence-electron chi connectivity index (χ4n) is 2.62. The van der Waals surface area contributed by atoms with Crippen molar-refractivity contribution in [1.82, 2.24) is 10.3 Å². The molecule has 5 nitrogen and oxygen atoms in total. The number of carbonyl (C=O) groups is 1. The summed E-state index contributed by atoms with van der Waals surface area (Å²) in [5, 5.41) is 3.97. The zero-order valence-corrected chi connectivity index (χ0v) is 11.5. The first-order valence-electron chi connectivity index (χ1n) is 6.97. The van der Waals surface area contributed by atoms with E-state index in [9.17, 15) is 4.79 Å². The number of nitrogens with one attached hydrogen (secondary N) is 2. The number of H-pyrrole nitrogens is 1. The van der Waals surface area contributed by atoms with Gasteiger partial charge in [0.15, 0.2) is 0 Å². The number of para-hydroxylation sites is 1. The minimum Gasteiger partial charge on any atom is -0.397 e. The monoisotopic (exact) mass is 273 g/mol. The zero-order chi connectivity index (χ0) is 14.1. The molecule has 1 saturated carbocycles. The zero-order valence-electron chi connectivity index (χ0n) is 11.5. The number of benzene rings is 1. The Balaban J connectivity index is 1.66. The van der Waals surface area contributed by atoms with Crippen molar-refractivity contribution in [1.29, 1.82) is 0 Å². The maximum atomic E-state index is 12.2. The van der Waals surface area contributed by atoms with Crippen LogP contribution in [0.3, 0.4) is 0 Å². The fraction of sp³-hybridized carbons (Fsp3) is 0.400. The highest BCUT2D eigenvalue weighted by atomic mass is 16.5. The van der Waals surface area contributed by atoms with Gasteiger partial charge in [0, 0.05) is 18.0 Å². The third-order valence-corrected chi connectivity index (χ3v) is 3.77. The molecule has 1 fully saturated rings. The Morgan fingerprint density at radius 1 is 1.50 bits per heavy atom. The molecule has 2 aromatic rings. The number of fused-ring (bicyclic) bond motifs is 1. The summed E-state index contributed by atoms with van der Waals surface area (Å²) in [6, 6.07) is 7.68. The molecular formula is C15H19N3O2. The fourth-order valence-corrected chi connectivity index (χ4v) is 2.62. The number of hydrogen-bond acceptors (Lipinski definition) is 3. The van der Waals surface area contributed by atoms with Crippen LogP contribution in [0.15, 0.2) is 24.3 Å². The molecule has 106 valence electrons. The van der Waals surface area contributed by atoms with Gasteiger partial charge in [0.25, 0.3) is 5.91 Å². The third kappa shape index (κ3) is 2.36. The van der Waals surface area contributed by atoms with Crippen LogP contribution < -0.4 is 11.1 Å². The number of aromatic nitrogens is 1. The van der Waals surface area contributed by atoms with Crippen molar-refractivity contribution < 1.29 is 9.53 Å². The van der Waals surface area contributed by atoms with Crippen molar-refractivity contribution in [2.45, 2.75) is 31.9 Å². The molecule has 0 bridgehead atoms. The number of nitrogens with two attached hydrogens (primary N) is 1. The molecule has 0 saturated heterocycles. The lowest BCUT2D eigenvalue weighted by molar-refractivity contribution is -0.00866. The van der Waals surface area contributed by atoms with E-state index < -0.39 is 0 Å². The Kier molecular flexibility index (Phi) is 3.36. The van der Waals surface area contributed by atoms with Gasteiger partial charge in [-0.1, -0.05) is 12.1 Å². The van der Waals surface area contributed by atoms with Crippen molar-refractivity contribution in [2.75, 3.05) is 12.3 Å². The molecule has 1 amide bonds. The van der Waals surface area contributed by atoms with E-state index in [0.717, 1.165) is 30.4 Å². The maximum Gasteiger partial charge on any atom is 0.267 e. The molecule has 0 radical (unpaired) electrons. The van der Waals surface area contributed by atoms with Crippen LogP contribution in [0.2, 0.25) is 0 Å². The lowest BCUT2D eigenvalue weighted by Crippen LogP contribution is -2.47. The molecule has 4 N–H and O–H groups in total. The first-order valence-corrected chi connectivity index (χ1v) is 6.97. The van der Waals surface area contributed by atoms with Gasteiger partial charge in [0.05, 0.1) is 17.3 Å². The van der Waals surface area contributed by atoms with Crippen LogP contribution in [0.5, 0.6) is 0 Å². The topological polar surface area (TPSA) is 80.1 Å². The number of amides is 1. The van der Waals surface area contributed by atoms with E-state index in [1.165, 1.54) is 0 Å². The minimum absolute atomic E-state index is 0.0828. The summed E-state index contributed by atoms with van der Waals surface area (Å²) in [6.07, 6.45) is 2.08. The van der Waals surface area contributed by atoms with Crippen LogP contribution in [0.25, 0.3) is 10.9 Å². The second kappa shape index (κ2) is 5.17. The summed E-state index contributed by atoms with van der Waals surface area (Å²) in [5.41, 5.74) is 7.91. The number of anilines is 1. The summed E-state index contributed by atoms with van der Waals surface area (Å²) < 4.78 is 5.48. The summed E-state index contributed by atoms with van der Waals surface area (Å²) in [5.74, 6) is -0.0828. The molecule has 3 rings (SSSR count). The molecule has 1 aromatic heterocycles. The van der Waals surface area contributed by atoms with Gasteiger partial charge in [0.2, 0.25) is 0 Å². The third-order valence-electron chi connectivity index (χ3n) is 3.77.